The van der Waals surface area contributed by atoms with Gasteiger partial charge in [0, 0.05) is 33.5 Å². The summed E-state index contributed by atoms with van der Waals surface area (Å²) in [6.45, 7) is 3.99. The largest absolute Gasteiger partial charge is 0.481 e. The fraction of sp³-hybridized carbons (Fsp3) is 0.700. The molecule has 0 aliphatic heterocycles. The Morgan fingerprint density at radius 2 is 1.81 bits per heavy atom. The molecule has 0 aliphatic carbocycles. The lowest BCUT2D eigenvalue weighted by Crippen LogP contribution is -2.34. The summed E-state index contributed by atoms with van der Waals surface area (Å²) in [4.78, 5) is 33.5. The number of carbonyl (C=O) groups is 3. The topological polar surface area (TPSA) is 86.7 Å². The van der Waals surface area contributed by atoms with Crippen LogP contribution in [0.3, 0.4) is 0 Å². The highest BCUT2D eigenvalue weighted by Gasteiger charge is 2.09. The highest BCUT2D eigenvalue weighted by atomic mass is 16.4. The molecular formula is C10H18N2O4. The third-order valence-electron chi connectivity index (χ3n) is 2.02. The van der Waals surface area contributed by atoms with Gasteiger partial charge in [-0.15, -0.1) is 0 Å². The molecule has 0 aromatic carbocycles. The van der Waals surface area contributed by atoms with Gasteiger partial charge in [-0.1, -0.05) is 0 Å². The molecule has 2 amide bonds. The third kappa shape index (κ3) is 7.78. The molecule has 0 atom stereocenters. The molecule has 92 valence electrons. The summed E-state index contributed by atoms with van der Waals surface area (Å²) in [5.74, 6) is -1.18. The minimum atomic E-state index is -0.923. The van der Waals surface area contributed by atoms with Crippen LogP contribution >= 0.6 is 0 Å². The molecule has 16 heavy (non-hydrogen) atoms. The minimum Gasteiger partial charge on any atom is -0.481 e. The highest BCUT2D eigenvalue weighted by Crippen LogP contribution is 1.95. The van der Waals surface area contributed by atoms with Crippen LogP contribution in [0.4, 0.5) is 0 Å². The van der Waals surface area contributed by atoms with Crippen LogP contribution in [-0.2, 0) is 14.4 Å². The van der Waals surface area contributed by atoms with Crippen molar-refractivity contribution in [3.05, 3.63) is 0 Å². The molecule has 6 heteroatoms. The summed E-state index contributed by atoms with van der Waals surface area (Å²) in [5, 5.41) is 11.1. The van der Waals surface area contributed by atoms with Gasteiger partial charge in [-0.05, 0) is 6.42 Å². The third-order valence-corrected chi connectivity index (χ3v) is 2.02. The van der Waals surface area contributed by atoms with Gasteiger partial charge in [-0.2, -0.15) is 0 Å². The molecular weight excluding hydrogens is 212 g/mol. The molecule has 0 heterocycles. The van der Waals surface area contributed by atoms with E-state index in [4.69, 9.17) is 5.11 Å². The van der Waals surface area contributed by atoms with E-state index in [9.17, 15) is 14.4 Å². The SMILES string of the molecule is CC(=O)NCCCN(CCC(=O)O)C(C)=O. The number of carboxylic acid groups (broad SMARTS) is 1. The predicted octanol–water partition coefficient (Wildman–Crippen LogP) is -0.164. The second-order valence-corrected chi connectivity index (χ2v) is 3.49. The number of amides is 2. The fourth-order valence-electron chi connectivity index (χ4n) is 1.19. The maximum atomic E-state index is 11.1. The molecule has 0 aliphatic rings. The average Bonchev–Trinajstić information content (AvgIpc) is 2.15. The summed E-state index contributed by atoms with van der Waals surface area (Å²) in [7, 11) is 0. The van der Waals surface area contributed by atoms with Crippen molar-refractivity contribution in [2.45, 2.75) is 26.7 Å². The number of carbonyl (C=O) groups excluding carboxylic acids is 2. The molecule has 0 fully saturated rings. The molecule has 0 spiro atoms. The van der Waals surface area contributed by atoms with Crippen molar-refractivity contribution in [3.63, 3.8) is 0 Å². The maximum absolute atomic E-state index is 11.1. The maximum Gasteiger partial charge on any atom is 0.305 e. The zero-order chi connectivity index (χ0) is 12.6. The van der Waals surface area contributed by atoms with E-state index in [1.165, 1.54) is 18.7 Å². The van der Waals surface area contributed by atoms with E-state index in [0.717, 1.165) is 0 Å². The monoisotopic (exact) mass is 230 g/mol. The van der Waals surface area contributed by atoms with Crippen LogP contribution in [0.15, 0.2) is 0 Å². The lowest BCUT2D eigenvalue weighted by molar-refractivity contribution is -0.138. The second-order valence-electron chi connectivity index (χ2n) is 3.49. The second kappa shape index (κ2) is 7.67. The van der Waals surface area contributed by atoms with Crippen molar-refractivity contribution in [3.8, 4) is 0 Å². The van der Waals surface area contributed by atoms with E-state index in [-0.39, 0.29) is 24.8 Å². The zero-order valence-electron chi connectivity index (χ0n) is 9.65. The van der Waals surface area contributed by atoms with Crippen LogP contribution in [0.2, 0.25) is 0 Å². The quantitative estimate of drug-likeness (QED) is 0.595. The number of hydrogen-bond acceptors (Lipinski definition) is 3. The predicted molar refractivity (Wildman–Crippen MR) is 57.8 cm³/mol. The minimum absolute atomic E-state index is 0.0558. The van der Waals surface area contributed by atoms with Crippen molar-refractivity contribution in [1.29, 1.82) is 0 Å². The first-order chi connectivity index (χ1) is 7.43. The summed E-state index contributed by atoms with van der Waals surface area (Å²) >= 11 is 0. The van der Waals surface area contributed by atoms with Gasteiger partial charge in [0.15, 0.2) is 0 Å². The Bertz CT molecular complexity index is 266. The van der Waals surface area contributed by atoms with Gasteiger partial charge in [0.25, 0.3) is 0 Å². The van der Waals surface area contributed by atoms with Crippen LogP contribution < -0.4 is 5.32 Å². The number of rotatable bonds is 7. The first-order valence-electron chi connectivity index (χ1n) is 5.15. The molecule has 0 aromatic rings. The zero-order valence-corrected chi connectivity index (χ0v) is 9.65. The first kappa shape index (κ1) is 14.4. The van der Waals surface area contributed by atoms with E-state index < -0.39 is 5.97 Å². The molecule has 0 aromatic heterocycles. The molecule has 0 saturated heterocycles. The Kier molecular flexibility index (Phi) is 6.91. The first-order valence-corrected chi connectivity index (χ1v) is 5.15. The summed E-state index contributed by atoms with van der Waals surface area (Å²) < 4.78 is 0. The Morgan fingerprint density at radius 1 is 1.19 bits per heavy atom. The van der Waals surface area contributed by atoms with Crippen LogP contribution in [0.1, 0.15) is 26.7 Å². The van der Waals surface area contributed by atoms with E-state index >= 15 is 0 Å². The van der Waals surface area contributed by atoms with Crippen molar-refractivity contribution in [2.75, 3.05) is 19.6 Å². The number of hydrogen-bond donors (Lipinski definition) is 2. The summed E-state index contributed by atoms with van der Waals surface area (Å²) in [6.07, 6.45) is 0.568. The van der Waals surface area contributed by atoms with Crippen molar-refractivity contribution < 1.29 is 19.5 Å². The Hall–Kier alpha value is -1.59. The van der Waals surface area contributed by atoms with Gasteiger partial charge < -0.3 is 15.3 Å². The average molecular weight is 230 g/mol. The molecule has 0 rings (SSSR count). The molecule has 0 bridgehead atoms. The number of aliphatic carboxylic acids is 1. The number of nitrogens with zero attached hydrogens (tertiary/aromatic N) is 1. The van der Waals surface area contributed by atoms with Gasteiger partial charge in [-0.3, -0.25) is 14.4 Å². The molecule has 2 N–H and O–H groups in total. The smallest absolute Gasteiger partial charge is 0.305 e. The van der Waals surface area contributed by atoms with Crippen molar-refractivity contribution in [2.24, 2.45) is 0 Å². The fourth-order valence-corrected chi connectivity index (χ4v) is 1.19. The molecule has 0 saturated carbocycles. The Labute approximate surface area is 94.6 Å². The van der Waals surface area contributed by atoms with E-state index in [0.29, 0.717) is 19.5 Å². The van der Waals surface area contributed by atoms with Crippen LogP contribution in [0.5, 0.6) is 0 Å². The molecule has 0 radical (unpaired) electrons. The Balaban J connectivity index is 3.81. The van der Waals surface area contributed by atoms with Crippen LogP contribution in [-0.4, -0.2) is 47.4 Å². The lowest BCUT2D eigenvalue weighted by Gasteiger charge is -2.19. The van der Waals surface area contributed by atoms with Gasteiger partial charge in [0.2, 0.25) is 11.8 Å². The molecule has 0 unspecified atom stereocenters. The van der Waals surface area contributed by atoms with Gasteiger partial charge in [0.1, 0.15) is 0 Å². The summed E-state index contributed by atoms with van der Waals surface area (Å²) in [5.41, 5.74) is 0. The van der Waals surface area contributed by atoms with Crippen molar-refractivity contribution in [1.82, 2.24) is 10.2 Å². The van der Waals surface area contributed by atoms with Gasteiger partial charge in [0.05, 0.1) is 6.42 Å². The van der Waals surface area contributed by atoms with Gasteiger partial charge in [-0.25, -0.2) is 0 Å². The normalized spacial score (nSPS) is 9.62. The van der Waals surface area contributed by atoms with E-state index in [2.05, 4.69) is 5.32 Å². The number of nitrogens with one attached hydrogen (secondary N) is 1. The van der Waals surface area contributed by atoms with Crippen LogP contribution in [0.25, 0.3) is 0 Å². The molecule has 6 nitrogen and oxygen atoms in total. The standard InChI is InChI=1S/C10H18N2O4/c1-8(13)11-5-3-6-12(9(2)14)7-4-10(15)16/h3-7H2,1-2H3,(H,11,13)(H,15,16). The van der Waals surface area contributed by atoms with E-state index in [1.807, 2.05) is 0 Å². The van der Waals surface area contributed by atoms with Crippen LogP contribution in [0, 0.1) is 0 Å². The van der Waals surface area contributed by atoms with Crippen molar-refractivity contribution >= 4 is 17.8 Å². The summed E-state index contributed by atoms with van der Waals surface area (Å²) in [6, 6.07) is 0. The van der Waals surface area contributed by atoms with Gasteiger partial charge >= 0.3 is 5.97 Å². The van der Waals surface area contributed by atoms with E-state index in [1.54, 1.807) is 0 Å². The number of carboxylic acids is 1. The Morgan fingerprint density at radius 3 is 2.25 bits per heavy atom. The highest BCUT2D eigenvalue weighted by molar-refractivity contribution is 5.74. The lowest BCUT2D eigenvalue weighted by atomic mass is 10.3.